The molecular weight excluding hydrogens is 310 g/mol. The lowest BCUT2D eigenvalue weighted by atomic mass is 10.4. The molecule has 0 aliphatic rings. The van der Waals surface area contributed by atoms with Crippen molar-refractivity contribution in [1.82, 2.24) is 24.9 Å². The van der Waals surface area contributed by atoms with Crippen LogP contribution in [0.4, 0.5) is 0 Å². The molecule has 7 nitrogen and oxygen atoms in total. The highest BCUT2D eigenvalue weighted by Gasteiger charge is 2.12. The molecule has 0 saturated heterocycles. The van der Waals surface area contributed by atoms with Gasteiger partial charge in [-0.2, -0.15) is 4.98 Å². The number of hydrogen-bond acceptors (Lipinski definition) is 8. The van der Waals surface area contributed by atoms with Gasteiger partial charge in [0.2, 0.25) is 11.7 Å². The van der Waals surface area contributed by atoms with Gasteiger partial charge in [-0.3, -0.25) is 0 Å². The van der Waals surface area contributed by atoms with Crippen LogP contribution in [0.3, 0.4) is 0 Å². The van der Waals surface area contributed by atoms with Crippen LogP contribution in [0.25, 0.3) is 10.7 Å². The Hall–Kier alpha value is -1.71. The van der Waals surface area contributed by atoms with Gasteiger partial charge in [-0.05, 0) is 11.4 Å². The van der Waals surface area contributed by atoms with Crippen LogP contribution in [0.15, 0.2) is 33.5 Å². The van der Waals surface area contributed by atoms with Crippen LogP contribution >= 0.6 is 23.1 Å². The molecular formula is C12H13N5O2S2. The summed E-state index contributed by atoms with van der Waals surface area (Å²) in [5.74, 6) is 1.76. The van der Waals surface area contributed by atoms with E-state index < -0.39 is 0 Å². The number of rotatable bonds is 7. The van der Waals surface area contributed by atoms with E-state index in [1.165, 1.54) is 11.8 Å². The van der Waals surface area contributed by atoms with Crippen LogP contribution in [0.1, 0.15) is 5.89 Å². The van der Waals surface area contributed by atoms with Crippen molar-refractivity contribution in [2.75, 3.05) is 13.7 Å². The molecule has 0 N–H and O–H groups in total. The normalized spacial score (nSPS) is 11.1. The molecule has 0 aromatic carbocycles. The molecule has 110 valence electrons. The van der Waals surface area contributed by atoms with Gasteiger partial charge in [0.05, 0.1) is 17.2 Å². The highest BCUT2D eigenvalue weighted by Crippen LogP contribution is 2.24. The van der Waals surface area contributed by atoms with Crippen molar-refractivity contribution >= 4 is 23.1 Å². The van der Waals surface area contributed by atoms with E-state index >= 15 is 0 Å². The highest BCUT2D eigenvalue weighted by molar-refractivity contribution is 7.98. The SMILES string of the molecule is COCCn1cnnc1SCc1nc(-c2cccs2)no1. The molecule has 0 atom stereocenters. The zero-order valence-corrected chi connectivity index (χ0v) is 12.9. The Morgan fingerprint density at radius 2 is 2.43 bits per heavy atom. The van der Waals surface area contributed by atoms with Crippen LogP contribution in [0, 0.1) is 0 Å². The summed E-state index contributed by atoms with van der Waals surface area (Å²) in [5.41, 5.74) is 0. The van der Waals surface area contributed by atoms with Crippen molar-refractivity contribution in [3.63, 3.8) is 0 Å². The van der Waals surface area contributed by atoms with Gasteiger partial charge in [-0.1, -0.05) is 23.0 Å². The van der Waals surface area contributed by atoms with Crippen LogP contribution in [-0.2, 0) is 17.0 Å². The largest absolute Gasteiger partial charge is 0.383 e. The first-order valence-corrected chi connectivity index (χ1v) is 8.09. The third-order valence-corrected chi connectivity index (χ3v) is 4.48. The van der Waals surface area contributed by atoms with Crippen molar-refractivity contribution in [1.29, 1.82) is 0 Å². The number of thiophene rings is 1. The molecule has 0 aliphatic heterocycles. The van der Waals surface area contributed by atoms with Gasteiger partial charge in [-0.25, -0.2) is 0 Å². The molecule has 3 aromatic rings. The molecule has 21 heavy (non-hydrogen) atoms. The molecule has 3 heterocycles. The van der Waals surface area contributed by atoms with Crippen LogP contribution < -0.4 is 0 Å². The van der Waals surface area contributed by atoms with Crippen molar-refractivity contribution in [2.45, 2.75) is 17.5 Å². The van der Waals surface area contributed by atoms with E-state index in [-0.39, 0.29) is 0 Å². The number of hydrogen-bond donors (Lipinski definition) is 0. The van der Waals surface area contributed by atoms with E-state index in [4.69, 9.17) is 9.26 Å². The molecule has 3 rings (SSSR count). The summed E-state index contributed by atoms with van der Waals surface area (Å²) in [6.45, 7) is 1.34. The van der Waals surface area contributed by atoms with E-state index in [1.54, 1.807) is 24.8 Å². The zero-order valence-electron chi connectivity index (χ0n) is 11.3. The Bertz CT molecular complexity index is 679. The van der Waals surface area contributed by atoms with Crippen molar-refractivity contribution in [3.8, 4) is 10.7 Å². The first-order chi connectivity index (χ1) is 10.4. The average molecular weight is 323 g/mol. The van der Waals surface area contributed by atoms with E-state index in [0.29, 0.717) is 24.1 Å². The summed E-state index contributed by atoms with van der Waals surface area (Å²) in [6.07, 6.45) is 1.69. The van der Waals surface area contributed by atoms with Crippen LogP contribution in [0.5, 0.6) is 0 Å². The molecule has 0 radical (unpaired) electrons. The topological polar surface area (TPSA) is 78.9 Å². The maximum absolute atomic E-state index is 5.25. The van der Waals surface area contributed by atoms with Gasteiger partial charge in [0.25, 0.3) is 0 Å². The van der Waals surface area contributed by atoms with Crippen molar-refractivity contribution < 1.29 is 9.26 Å². The summed E-state index contributed by atoms with van der Waals surface area (Å²) in [6, 6.07) is 3.93. The first-order valence-electron chi connectivity index (χ1n) is 6.23. The summed E-state index contributed by atoms with van der Waals surface area (Å²) < 4.78 is 12.2. The Balaban J connectivity index is 1.62. The minimum atomic E-state index is 0.560. The molecule has 3 aromatic heterocycles. The molecule has 0 amide bonds. The predicted octanol–water partition coefficient (Wildman–Crippen LogP) is 2.33. The number of ether oxygens (including phenoxy) is 1. The van der Waals surface area contributed by atoms with Gasteiger partial charge in [0.15, 0.2) is 5.16 Å². The van der Waals surface area contributed by atoms with Crippen molar-refractivity contribution in [2.24, 2.45) is 0 Å². The number of aromatic nitrogens is 5. The fourth-order valence-electron chi connectivity index (χ4n) is 1.64. The fraction of sp³-hybridized carbons (Fsp3) is 0.333. The predicted molar refractivity (Wildman–Crippen MR) is 79.1 cm³/mol. The molecule has 0 bridgehead atoms. The summed E-state index contributed by atoms with van der Waals surface area (Å²) >= 11 is 3.09. The van der Waals surface area contributed by atoms with E-state index in [9.17, 15) is 0 Å². The first kappa shape index (κ1) is 14.2. The van der Waals surface area contributed by atoms with Gasteiger partial charge in [-0.15, -0.1) is 21.5 Å². The van der Waals surface area contributed by atoms with Crippen LogP contribution in [-0.4, -0.2) is 38.6 Å². The fourth-order valence-corrected chi connectivity index (χ4v) is 3.07. The Labute approximate surface area is 129 Å². The monoisotopic (exact) mass is 323 g/mol. The molecule has 0 saturated carbocycles. The van der Waals surface area contributed by atoms with Gasteiger partial charge in [0.1, 0.15) is 6.33 Å². The summed E-state index contributed by atoms with van der Waals surface area (Å²) in [7, 11) is 1.67. The van der Waals surface area contributed by atoms with E-state index in [2.05, 4.69) is 20.3 Å². The Morgan fingerprint density at radius 3 is 3.24 bits per heavy atom. The quantitative estimate of drug-likeness (QED) is 0.617. The Kier molecular flexibility index (Phi) is 4.63. The Morgan fingerprint density at radius 1 is 1.48 bits per heavy atom. The molecule has 0 fully saturated rings. The molecule has 0 aliphatic carbocycles. The third kappa shape index (κ3) is 3.49. The second-order valence-electron chi connectivity index (χ2n) is 4.08. The third-order valence-electron chi connectivity index (χ3n) is 2.65. The zero-order chi connectivity index (χ0) is 14.5. The average Bonchev–Trinajstić information content (AvgIpc) is 3.22. The molecule has 0 unspecified atom stereocenters. The van der Waals surface area contributed by atoms with Gasteiger partial charge in [0, 0.05) is 13.7 Å². The van der Waals surface area contributed by atoms with E-state index in [1.807, 2.05) is 22.1 Å². The number of methoxy groups -OCH3 is 1. The number of nitrogens with zero attached hydrogens (tertiary/aromatic N) is 5. The second-order valence-corrected chi connectivity index (χ2v) is 5.97. The summed E-state index contributed by atoms with van der Waals surface area (Å²) in [5, 5.41) is 14.7. The van der Waals surface area contributed by atoms with Gasteiger partial charge >= 0.3 is 0 Å². The summed E-state index contributed by atoms with van der Waals surface area (Å²) in [4.78, 5) is 5.37. The van der Waals surface area contributed by atoms with Gasteiger partial charge < -0.3 is 13.8 Å². The standard InChI is InChI=1S/C12H13N5O2S2/c1-18-5-4-17-8-13-15-12(17)21-7-10-14-11(16-19-10)9-3-2-6-20-9/h2-3,6,8H,4-5,7H2,1H3. The lowest BCUT2D eigenvalue weighted by Gasteiger charge is -2.03. The maximum atomic E-state index is 5.25. The lowest BCUT2D eigenvalue weighted by Crippen LogP contribution is -2.04. The lowest BCUT2D eigenvalue weighted by molar-refractivity contribution is 0.184. The molecule has 9 heteroatoms. The van der Waals surface area contributed by atoms with E-state index in [0.717, 1.165) is 16.6 Å². The number of thioether (sulfide) groups is 1. The highest BCUT2D eigenvalue weighted by atomic mass is 32.2. The minimum Gasteiger partial charge on any atom is -0.383 e. The second kappa shape index (κ2) is 6.83. The maximum Gasteiger partial charge on any atom is 0.237 e. The van der Waals surface area contributed by atoms with Crippen LogP contribution in [0.2, 0.25) is 0 Å². The van der Waals surface area contributed by atoms with Crippen molar-refractivity contribution in [3.05, 3.63) is 29.7 Å². The molecule has 0 spiro atoms. The minimum absolute atomic E-state index is 0.560. The smallest absolute Gasteiger partial charge is 0.237 e.